The average molecular weight is 800 g/mol. The van der Waals surface area contributed by atoms with Gasteiger partial charge in [-0.2, -0.15) is 8.42 Å². The molecule has 5 rings (SSSR count). The monoisotopic (exact) mass is 799 g/mol. The smallest absolute Gasteiger partial charge is 0.408 e. The van der Waals surface area contributed by atoms with E-state index in [9.17, 15) is 27.6 Å². The van der Waals surface area contributed by atoms with Crippen molar-refractivity contribution in [2.75, 3.05) is 13.2 Å². The Balaban J connectivity index is 1.46. The van der Waals surface area contributed by atoms with Gasteiger partial charge < -0.3 is 29.7 Å². The molecule has 1 aromatic carbocycles. The summed E-state index contributed by atoms with van der Waals surface area (Å²) in [4.78, 5) is 61.8. The summed E-state index contributed by atoms with van der Waals surface area (Å²) in [7, 11) is -4.51. The van der Waals surface area contributed by atoms with Crippen molar-refractivity contribution < 1.29 is 46.0 Å². The number of amides is 4. The maximum atomic E-state index is 14.6. The molecule has 3 fully saturated rings. The van der Waals surface area contributed by atoms with Crippen molar-refractivity contribution >= 4 is 45.0 Å². The Bertz CT molecular complexity index is 1970. The molecule has 2 aromatic rings. The molecule has 1 aliphatic heterocycles. The highest BCUT2D eigenvalue weighted by molar-refractivity contribution is 7.85. The fourth-order valence-corrected chi connectivity index (χ4v) is 8.38. The molecule has 0 radical (unpaired) electrons. The van der Waals surface area contributed by atoms with Gasteiger partial charge in [0.25, 0.3) is 5.91 Å². The molecular formula is C40H57N5O10S. The Kier molecular flexibility index (Phi) is 12.1. The summed E-state index contributed by atoms with van der Waals surface area (Å²) >= 11 is 0. The van der Waals surface area contributed by atoms with E-state index in [0.717, 1.165) is 5.56 Å². The van der Waals surface area contributed by atoms with Crippen molar-refractivity contribution in [3.8, 4) is 11.6 Å². The number of nitrogens with zero attached hydrogens (tertiary/aromatic N) is 2. The second-order valence-corrected chi connectivity index (χ2v) is 18.5. The molecule has 4 amide bonds. The molecule has 0 bridgehead atoms. The number of hydrogen-bond acceptors (Lipinski definition) is 11. The van der Waals surface area contributed by atoms with Crippen LogP contribution in [-0.4, -0.2) is 90.2 Å². The molecule has 2 aliphatic carbocycles. The predicted octanol–water partition coefficient (Wildman–Crippen LogP) is 5.00. The van der Waals surface area contributed by atoms with E-state index in [1.54, 1.807) is 47.6 Å². The van der Waals surface area contributed by atoms with Crippen LogP contribution in [0.1, 0.15) is 99.5 Å². The van der Waals surface area contributed by atoms with Crippen molar-refractivity contribution in [1.82, 2.24) is 25.2 Å². The van der Waals surface area contributed by atoms with E-state index in [1.165, 1.54) is 11.0 Å². The molecule has 3 N–H and O–H groups in total. The molecule has 2 heterocycles. The van der Waals surface area contributed by atoms with Crippen LogP contribution >= 0.6 is 0 Å². The minimum Gasteiger partial charge on any atom is -0.488 e. The molecule has 1 aromatic heterocycles. The molecule has 1 saturated heterocycles. The minimum absolute atomic E-state index is 0.00211. The number of fused-ring (bicyclic) bond motifs is 1. The zero-order chi connectivity index (χ0) is 41.4. The number of rotatable bonds is 15. The summed E-state index contributed by atoms with van der Waals surface area (Å²) < 4.78 is 51.3. The van der Waals surface area contributed by atoms with Gasteiger partial charge in [-0.25, -0.2) is 18.7 Å². The van der Waals surface area contributed by atoms with Crippen LogP contribution in [0.25, 0.3) is 10.9 Å². The Morgan fingerprint density at radius 2 is 1.80 bits per heavy atom. The highest BCUT2D eigenvalue weighted by Crippen LogP contribution is 2.47. The second-order valence-electron chi connectivity index (χ2n) is 17.2. The fourth-order valence-electron chi connectivity index (χ4n) is 7.22. The highest BCUT2D eigenvalue weighted by Gasteiger charge is 2.62. The third kappa shape index (κ3) is 9.74. The fraction of sp³-hybridized carbons (Fsp3) is 0.625. The lowest BCUT2D eigenvalue weighted by atomic mass is 9.85. The van der Waals surface area contributed by atoms with E-state index < -0.39 is 80.4 Å². The summed E-state index contributed by atoms with van der Waals surface area (Å²) in [6.45, 7) is 20.2. The Labute approximate surface area is 329 Å². The van der Waals surface area contributed by atoms with Gasteiger partial charge in [0.05, 0.1) is 24.3 Å². The first-order valence-electron chi connectivity index (χ1n) is 19.3. The lowest BCUT2D eigenvalue weighted by Crippen LogP contribution is -2.60. The zero-order valence-electron chi connectivity index (χ0n) is 33.9. The van der Waals surface area contributed by atoms with Gasteiger partial charge in [0, 0.05) is 23.8 Å². The predicted molar refractivity (Wildman–Crippen MR) is 209 cm³/mol. The largest absolute Gasteiger partial charge is 0.488 e. The van der Waals surface area contributed by atoms with Crippen molar-refractivity contribution in [3.05, 3.63) is 42.5 Å². The minimum atomic E-state index is -4.51. The van der Waals surface area contributed by atoms with E-state index in [1.807, 2.05) is 43.7 Å². The van der Waals surface area contributed by atoms with Crippen molar-refractivity contribution in [2.45, 2.75) is 136 Å². The first-order chi connectivity index (χ1) is 26.1. The number of likely N-dealkylation sites (tertiary alicyclic amines) is 1. The average Bonchev–Trinajstić information content (AvgIpc) is 3.96. The van der Waals surface area contributed by atoms with E-state index >= 15 is 0 Å². The first-order valence-corrected chi connectivity index (χ1v) is 20.7. The van der Waals surface area contributed by atoms with E-state index in [4.69, 9.17) is 18.4 Å². The SMILES string of the molecule is C=C[C@@H]1C[C@]1(NC(=O)[C@@H]1C[C@@H](Oc2cc(OCC)nc3c(C)cccc23)CN1C(=O)[C@@H](NC(=O)OC(C)(C)C)C(C)(C)C)C(=O)NS(=O)(=O)OC1(CCC)CC1. The molecule has 56 heavy (non-hydrogen) atoms. The summed E-state index contributed by atoms with van der Waals surface area (Å²) in [6.07, 6.45) is 2.35. The number of benzene rings is 1. The number of pyridine rings is 1. The van der Waals surface area contributed by atoms with Gasteiger partial charge in [0.15, 0.2) is 0 Å². The topological polar surface area (TPSA) is 192 Å². The number of para-hydroxylation sites is 1. The molecular weight excluding hydrogens is 743 g/mol. The number of hydrogen-bond donors (Lipinski definition) is 3. The first kappa shape index (κ1) is 42.7. The molecule has 0 spiro atoms. The van der Waals surface area contributed by atoms with Crippen LogP contribution in [0.2, 0.25) is 0 Å². The summed E-state index contributed by atoms with van der Waals surface area (Å²) in [5.74, 6) is -2.06. The number of alkyl carbamates (subject to hydrolysis) is 1. The summed E-state index contributed by atoms with van der Waals surface area (Å²) in [5, 5.41) is 6.20. The van der Waals surface area contributed by atoms with E-state index in [2.05, 4.69) is 22.2 Å². The molecule has 5 atom stereocenters. The quantitative estimate of drug-likeness (QED) is 0.206. The Morgan fingerprint density at radius 3 is 2.38 bits per heavy atom. The number of aromatic nitrogens is 1. The number of nitrogens with one attached hydrogen (secondary N) is 3. The second kappa shape index (κ2) is 15.8. The zero-order valence-corrected chi connectivity index (χ0v) is 34.8. The maximum absolute atomic E-state index is 14.6. The van der Waals surface area contributed by atoms with Gasteiger partial charge in [-0.1, -0.05) is 52.3 Å². The van der Waals surface area contributed by atoms with Crippen LogP contribution < -0.4 is 24.8 Å². The van der Waals surface area contributed by atoms with Crippen LogP contribution in [0.3, 0.4) is 0 Å². The van der Waals surface area contributed by atoms with Crippen LogP contribution in [0.5, 0.6) is 11.6 Å². The van der Waals surface area contributed by atoms with Crippen LogP contribution in [0, 0.1) is 18.3 Å². The van der Waals surface area contributed by atoms with Gasteiger partial charge in [-0.05, 0) is 77.3 Å². The van der Waals surface area contributed by atoms with Crippen molar-refractivity contribution in [1.29, 1.82) is 0 Å². The summed E-state index contributed by atoms with van der Waals surface area (Å²) in [5.41, 5.74) is -2.61. The van der Waals surface area contributed by atoms with Gasteiger partial charge in [-0.15, -0.1) is 6.58 Å². The van der Waals surface area contributed by atoms with E-state index in [0.29, 0.717) is 54.8 Å². The third-order valence-electron chi connectivity index (χ3n) is 10.3. The molecule has 308 valence electrons. The normalized spacial score (nSPS) is 23.4. The van der Waals surface area contributed by atoms with Crippen LogP contribution in [0.15, 0.2) is 36.9 Å². The molecule has 15 nitrogen and oxygen atoms in total. The molecule has 0 unspecified atom stereocenters. The van der Waals surface area contributed by atoms with Gasteiger partial charge in [0.2, 0.25) is 17.7 Å². The Hall–Kier alpha value is -4.44. The van der Waals surface area contributed by atoms with Gasteiger partial charge in [-0.3, -0.25) is 14.4 Å². The molecule has 16 heteroatoms. The maximum Gasteiger partial charge on any atom is 0.408 e. The summed E-state index contributed by atoms with van der Waals surface area (Å²) in [6, 6.07) is 4.99. The molecule has 2 saturated carbocycles. The van der Waals surface area contributed by atoms with Gasteiger partial charge in [0.1, 0.15) is 35.1 Å². The van der Waals surface area contributed by atoms with Gasteiger partial charge >= 0.3 is 16.4 Å². The Morgan fingerprint density at radius 1 is 1.11 bits per heavy atom. The van der Waals surface area contributed by atoms with E-state index in [-0.39, 0.29) is 19.4 Å². The number of aryl methyl sites for hydroxylation is 1. The number of carbonyl (C=O) groups excluding carboxylic acids is 4. The van der Waals surface area contributed by atoms with Crippen LogP contribution in [-0.2, 0) is 33.6 Å². The molecule has 3 aliphatic rings. The van der Waals surface area contributed by atoms with Crippen molar-refractivity contribution in [3.63, 3.8) is 0 Å². The van der Waals surface area contributed by atoms with Crippen LogP contribution in [0.4, 0.5) is 4.79 Å². The third-order valence-corrected chi connectivity index (χ3v) is 11.3. The van der Waals surface area contributed by atoms with Crippen molar-refractivity contribution in [2.24, 2.45) is 11.3 Å². The lowest BCUT2D eigenvalue weighted by Gasteiger charge is -2.36. The standard InChI is InChI=1S/C40H57N5O10S/c1-11-17-39(18-19-39)55-56(50,51)44-35(48)40(22-25(40)12-2)43-33(46)28-20-26(53-29-21-30(52-13-3)41-31-24(4)15-14-16-27(29)31)23-45(28)34(47)32(37(5,6)7)42-36(49)54-38(8,9)10/h12,14-16,21,25-26,28,32H,2,11,13,17-20,22-23H2,1,3-10H3,(H,42,49)(H,43,46)(H,44,48)/t25-,26-,28+,32-,40-/m1/s1. The lowest BCUT2D eigenvalue weighted by molar-refractivity contribution is -0.143. The highest BCUT2D eigenvalue weighted by atomic mass is 32.2. The number of ether oxygens (including phenoxy) is 3. The number of carbonyl (C=O) groups is 4.